The van der Waals surface area contributed by atoms with E-state index in [1.54, 1.807) is 0 Å². The molecule has 0 radical (unpaired) electrons. The third-order valence-corrected chi connectivity index (χ3v) is 5.67. The fourth-order valence-electron chi connectivity index (χ4n) is 3.99. The Labute approximate surface area is 179 Å². The number of carboxylic acid groups (broad SMARTS) is 1. The highest BCUT2D eigenvalue weighted by molar-refractivity contribution is 5.88. The summed E-state index contributed by atoms with van der Waals surface area (Å²) < 4.78 is 198. The lowest BCUT2D eigenvalue weighted by Gasteiger charge is -2.47. The van der Waals surface area contributed by atoms with E-state index in [1.165, 1.54) is 0 Å². The van der Waals surface area contributed by atoms with Crippen LogP contribution in [0.15, 0.2) is 11.6 Å². The molecule has 3 nitrogen and oxygen atoms in total. The molecule has 1 aliphatic carbocycles. The van der Waals surface area contributed by atoms with Crippen molar-refractivity contribution in [2.24, 2.45) is 17.3 Å². The van der Waals surface area contributed by atoms with Gasteiger partial charge in [0.05, 0.1) is 0 Å². The van der Waals surface area contributed by atoms with Crippen LogP contribution in [0.4, 0.5) is 65.9 Å². The molecule has 1 aliphatic rings. The number of halogens is 15. The zero-order valence-electron chi connectivity index (χ0n) is 16.0. The summed E-state index contributed by atoms with van der Waals surface area (Å²) in [5.41, 5.74) is -14.4. The van der Waals surface area contributed by atoms with E-state index in [0.29, 0.717) is 0 Å². The Morgan fingerprint density at radius 3 is 1.18 bits per heavy atom. The molecule has 0 atom stereocenters. The Balaban J connectivity index is 3.67. The molecular weight excluding hydrogens is 525 g/mol. The van der Waals surface area contributed by atoms with E-state index < -0.39 is 97.0 Å². The third-order valence-electron chi connectivity index (χ3n) is 5.67. The molecule has 0 aliphatic heterocycles. The van der Waals surface area contributed by atoms with Crippen LogP contribution in [0.25, 0.3) is 0 Å². The van der Waals surface area contributed by atoms with E-state index in [0.717, 1.165) is 0 Å². The van der Waals surface area contributed by atoms with Gasteiger partial charge in [0.1, 0.15) is 5.57 Å². The summed E-state index contributed by atoms with van der Waals surface area (Å²) >= 11 is 0. The summed E-state index contributed by atoms with van der Waals surface area (Å²) in [5.74, 6) is -9.35. The summed E-state index contributed by atoms with van der Waals surface area (Å²) in [6.07, 6.45) is -41.3. The molecule has 18 heteroatoms. The number of aliphatic carboxylic acids is 1. The Morgan fingerprint density at radius 1 is 0.618 bits per heavy atom. The molecule has 0 heterocycles. The lowest BCUT2D eigenvalue weighted by Crippen LogP contribution is -2.63. The molecule has 1 fully saturated rings. The second kappa shape index (κ2) is 8.65. The smallest absolute Gasteiger partial charge is 0.426 e. The van der Waals surface area contributed by atoms with E-state index in [9.17, 15) is 75.8 Å². The number of carboxylic acids is 1. The summed E-state index contributed by atoms with van der Waals surface area (Å²) in [4.78, 5) is 10.8. The van der Waals surface area contributed by atoms with Crippen LogP contribution in [0.5, 0.6) is 0 Å². The van der Waals surface area contributed by atoms with Crippen LogP contribution >= 0.6 is 0 Å². The topological polar surface area (TPSA) is 57.5 Å². The lowest BCUT2D eigenvalue weighted by atomic mass is 9.62. The van der Waals surface area contributed by atoms with Gasteiger partial charge in [-0.25, -0.2) is 4.79 Å². The third kappa shape index (κ3) is 5.05. The molecule has 0 aromatic heterocycles. The largest absolute Gasteiger partial charge is 0.478 e. The van der Waals surface area contributed by atoms with E-state index in [2.05, 4.69) is 0 Å². The van der Waals surface area contributed by atoms with Gasteiger partial charge in [0.15, 0.2) is 5.41 Å². The van der Waals surface area contributed by atoms with Gasteiger partial charge in [-0.15, -0.1) is 0 Å². The van der Waals surface area contributed by atoms with E-state index in [1.807, 2.05) is 0 Å². The first-order valence-corrected chi connectivity index (χ1v) is 8.77. The van der Waals surface area contributed by atoms with E-state index in [4.69, 9.17) is 5.11 Å². The first-order valence-electron chi connectivity index (χ1n) is 8.77. The van der Waals surface area contributed by atoms with Gasteiger partial charge in [-0.1, -0.05) is 0 Å². The van der Waals surface area contributed by atoms with Gasteiger partial charge in [0.2, 0.25) is 0 Å². The van der Waals surface area contributed by atoms with Crippen molar-refractivity contribution in [3.8, 4) is 0 Å². The van der Waals surface area contributed by atoms with Crippen LogP contribution in [-0.2, 0) is 4.79 Å². The highest BCUT2D eigenvalue weighted by Gasteiger charge is 2.76. The second-order valence-corrected chi connectivity index (χ2v) is 7.54. The number of hydrogen-bond acceptors (Lipinski definition) is 2. The van der Waals surface area contributed by atoms with Crippen molar-refractivity contribution in [3.63, 3.8) is 0 Å². The number of alkyl halides is 15. The maximum Gasteiger partial charge on any atom is 0.426 e. The average Bonchev–Trinajstić information content (AvgIpc) is 2.56. The van der Waals surface area contributed by atoms with E-state index >= 15 is 0 Å². The minimum Gasteiger partial charge on any atom is -0.478 e. The minimum atomic E-state index is -6.70. The Kier molecular flexibility index (Phi) is 7.67. The van der Waals surface area contributed by atoms with Crippen LogP contribution in [-0.4, -0.2) is 52.7 Å². The van der Waals surface area contributed by atoms with Crippen molar-refractivity contribution in [3.05, 3.63) is 11.6 Å². The summed E-state index contributed by atoms with van der Waals surface area (Å²) in [6, 6.07) is 0. The van der Waals surface area contributed by atoms with Gasteiger partial charge in [-0.2, -0.15) is 65.9 Å². The van der Waals surface area contributed by atoms with Crippen molar-refractivity contribution in [2.75, 3.05) is 0 Å². The van der Waals surface area contributed by atoms with E-state index in [-0.39, 0.29) is 0 Å². The van der Waals surface area contributed by atoms with Crippen molar-refractivity contribution in [1.82, 2.24) is 0 Å². The van der Waals surface area contributed by atoms with Crippen LogP contribution < -0.4 is 0 Å². The van der Waals surface area contributed by atoms with Gasteiger partial charge in [-0.3, -0.25) is 0 Å². The maximum atomic E-state index is 13.6. The fraction of sp³-hybridized carbons (Fsp3) is 0.812. The normalized spacial score (nSPS) is 22.6. The molecule has 1 saturated carbocycles. The molecule has 0 bridgehead atoms. The van der Waals surface area contributed by atoms with Gasteiger partial charge < -0.3 is 10.2 Å². The number of carbonyl (C=O) groups is 1. The molecule has 0 amide bonds. The molecule has 0 aromatic carbocycles. The van der Waals surface area contributed by atoms with Crippen molar-refractivity contribution in [1.29, 1.82) is 0 Å². The number of rotatable bonds is 4. The first kappa shape index (κ1) is 30.2. The molecule has 0 saturated heterocycles. The predicted molar refractivity (Wildman–Crippen MR) is 78.8 cm³/mol. The van der Waals surface area contributed by atoms with Crippen LogP contribution in [0.2, 0.25) is 0 Å². The predicted octanol–water partition coefficient (Wildman–Crippen LogP) is 6.33. The van der Waals surface area contributed by atoms with Crippen molar-refractivity contribution in [2.45, 2.75) is 62.2 Å². The van der Waals surface area contributed by atoms with Gasteiger partial charge in [-0.05, 0) is 37.7 Å². The van der Waals surface area contributed by atoms with Crippen LogP contribution in [0.3, 0.4) is 0 Å². The maximum absolute atomic E-state index is 13.6. The number of aliphatic hydroxyl groups is 1. The summed E-state index contributed by atoms with van der Waals surface area (Å²) in [7, 11) is 0. The molecule has 2 N–H and O–H groups in total. The lowest BCUT2D eigenvalue weighted by molar-refractivity contribution is -0.390. The summed E-state index contributed by atoms with van der Waals surface area (Å²) in [6.45, 7) is 0. The fourth-order valence-corrected chi connectivity index (χ4v) is 3.99. The average molecular weight is 538 g/mol. The van der Waals surface area contributed by atoms with Crippen LogP contribution in [0, 0.1) is 17.3 Å². The first-order chi connectivity index (χ1) is 14.7. The molecular formula is C16H13F15O3. The number of hydrogen-bond donors (Lipinski definition) is 2. The molecule has 1 rings (SSSR count). The quantitative estimate of drug-likeness (QED) is 0.325. The molecule has 34 heavy (non-hydrogen) atoms. The highest BCUT2D eigenvalue weighted by Crippen LogP contribution is 2.62. The Bertz CT molecular complexity index is 746. The van der Waals surface area contributed by atoms with Gasteiger partial charge in [0.25, 0.3) is 5.60 Å². The Morgan fingerprint density at radius 2 is 0.941 bits per heavy atom. The summed E-state index contributed by atoms with van der Waals surface area (Å²) in [5, 5.41) is 17.8. The Hall–Kier alpha value is -1.88. The van der Waals surface area contributed by atoms with Gasteiger partial charge in [0, 0.05) is 5.92 Å². The molecule has 0 spiro atoms. The molecule has 0 unspecified atom stereocenters. The standard InChI is InChI=1S/C16H13F15O3/c17-12(18,19)8(9(32)33)5-10(13(20,21)22,14(23,24)25)6-1-3-7(4-2-6)11(34,15(26,27)28)16(29,30)31/h5-7,34H,1-4H2,(H,32,33). The van der Waals surface area contributed by atoms with Crippen LogP contribution in [0.1, 0.15) is 25.7 Å². The zero-order valence-corrected chi connectivity index (χ0v) is 16.0. The zero-order chi connectivity index (χ0) is 27.3. The molecule has 200 valence electrons. The molecule has 0 aromatic rings. The highest BCUT2D eigenvalue weighted by atomic mass is 19.4. The van der Waals surface area contributed by atoms with Crippen molar-refractivity contribution < 1.29 is 80.9 Å². The monoisotopic (exact) mass is 538 g/mol. The number of allylic oxidation sites excluding steroid dienone is 1. The van der Waals surface area contributed by atoms with Crippen molar-refractivity contribution >= 4 is 5.97 Å². The van der Waals surface area contributed by atoms with Gasteiger partial charge >= 0.3 is 36.9 Å². The second-order valence-electron chi connectivity index (χ2n) is 7.54. The SMILES string of the molecule is O=C(O)C(=CC(C1CCC(C(O)(C(F)(F)F)C(F)(F)F)CC1)(C(F)(F)F)C(F)(F)F)C(F)(F)F. The minimum absolute atomic E-state index is 1.65.